The van der Waals surface area contributed by atoms with Crippen LogP contribution in [0.15, 0.2) is 48.5 Å². The molecule has 0 aliphatic rings. The van der Waals surface area contributed by atoms with E-state index in [2.05, 4.69) is 48.5 Å². The van der Waals surface area contributed by atoms with E-state index in [0.29, 0.717) is 0 Å². The third-order valence-corrected chi connectivity index (χ3v) is 11.0. The van der Waals surface area contributed by atoms with Crippen LogP contribution in [0.5, 0.6) is 0 Å². The Kier molecular flexibility index (Phi) is 9.85. The van der Waals surface area contributed by atoms with Crippen molar-refractivity contribution in [1.29, 1.82) is 0 Å². The highest BCUT2D eigenvalue weighted by Gasteiger charge is 2.37. The zero-order valence-electron chi connectivity index (χ0n) is 18.9. The van der Waals surface area contributed by atoms with Gasteiger partial charge in [0.1, 0.15) is 0 Å². The van der Waals surface area contributed by atoms with Crippen molar-refractivity contribution in [2.75, 3.05) is 42.7 Å². The molecule has 2 aromatic rings. The van der Waals surface area contributed by atoms with E-state index >= 15 is 0 Å². The van der Waals surface area contributed by atoms with Crippen LogP contribution in [0, 0.1) is 0 Å². The van der Waals surface area contributed by atoms with Crippen LogP contribution in [0.1, 0.15) is 11.1 Å². The maximum atomic E-state index is 5.50. The van der Waals surface area contributed by atoms with Crippen molar-refractivity contribution < 1.29 is 26.6 Å². The van der Waals surface area contributed by atoms with Gasteiger partial charge in [-0.2, -0.15) is 0 Å². The molecule has 0 amide bonds. The number of aryl methyl sites for hydroxylation is 2. The molecule has 8 heteroatoms. The van der Waals surface area contributed by atoms with Crippen molar-refractivity contribution in [2.24, 2.45) is 0 Å². The first-order valence-electron chi connectivity index (χ1n) is 9.98. The maximum Gasteiger partial charge on any atom is 0.500 e. The second kappa shape index (κ2) is 11.9. The van der Waals surface area contributed by atoms with Gasteiger partial charge in [-0.3, -0.25) is 0 Å². The fourth-order valence-corrected chi connectivity index (χ4v) is 6.85. The second-order valence-electron chi connectivity index (χ2n) is 6.98. The van der Waals surface area contributed by atoms with E-state index in [-0.39, 0.29) is 0 Å². The topological polar surface area (TPSA) is 55.4 Å². The molecule has 0 heterocycles. The van der Waals surface area contributed by atoms with Crippen LogP contribution in [0.25, 0.3) is 11.1 Å². The van der Waals surface area contributed by atoms with Crippen LogP contribution < -0.4 is 0 Å². The Hall–Kier alpha value is -1.37. The quantitative estimate of drug-likeness (QED) is 0.427. The Bertz CT molecular complexity index is 661. The molecule has 0 saturated heterocycles. The summed E-state index contributed by atoms with van der Waals surface area (Å²) < 4.78 is 33.0. The number of hydrogen-bond acceptors (Lipinski definition) is 6. The Morgan fingerprint density at radius 2 is 0.733 bits per heavy atom. The molecule has 0 unspecified atom stereocenters. The molecule has 0 aliphatic heterocycles. The minimum Gasteiger partial charge on any atom is -0.377 e. The predicted octanol–water partition coefficient (Wildman–Crippen LogP) is 4.19. The van der Waals surface area contributed by atoms with Gasteiger partial charge in [0.25, 0.3) is 0 Å². The van der Waals surface area contributed by atoms with Crippen LogP contribution >= 0.6 is 0 Å². The van der Waals surface area contributed by atoms with Crippen LogP contribution in [0.3, 0.4) is 0 Å². The van der Waals surface area contributed by atoms with Crippen molar-refractivity contribution >= 4 is 17.6 Å². The summed E-state index contributed by atoms with van der Waals surface area (Å²) in [5.41, 5.74) is 4.85. The second-order valence-corrected chi connectivity index (χ2v) is 13.2. The molecule has 0 radical (unpaired) electrons. The van der Waals surface area contributed by atoms with Crippen molar-refractivity contribution in [3.05, 3.63) is 59.7 Å². The molecule has 2 rings (SSSR count). The van der Waals surface area contributed by atoms with Gasteiger partial charge >= 0.3 is 17.6 Å². The average Bonchev–Trinajstić information content (AvgIpc) is 2.82. The summed E-state index contributed by atoms with van der Waals surface area (Å²) in [6, 6.07) is 18.7. The largest absolute Gasteiger partial charge is 0.500 e. The van der Waals surface area contributed by atoms with Crippen molar-refractivity contribution in [3.63, 3.8) is 0 Å². The molecule has 6 nitrogen and oxygen atoms in total. The maximum absolute atomic E-state index is 5.50. The monoisotopic (exact) mass is 450 g/mol. The van der Waals surface area contributed by atoms with Gasteiger partial charge in [-0.15, -0.1) is 0 Å². The molecule has 0 atom stereocenters. The SMILES string of the molecule is CO[Si](CCc1ccc(-c2ccc(CC[Si](OC)(OC)OC)cc2)cc1)(OC)OC. The molecule has 0 N–H and O–H groups in total. The van der Waals surface area contributed by atoms with Crippen molar-refractivity contribution in [3.8, 4) is 11.1 Å². The Labute approximate surface area is 182 Å². The smallest absolute Gasteiger partial charge is 0.377 e. The highest BCUT2D eigenvalue weighted by Crippen LogP contribution is 2.24. The summed E-state index contributed by atoms with van der Waals surface area (Å²) in [5, 5.41) is 0. The van der Waals surface area contributed by atoms with Gasteiger partial charge in [0.05, 0.1) is 0 Å². The molecule has 0 fully saturated rings. The van der Waals surface area contributed by atoms with E-state index in [4.69, 9.17) is 26.6 Å². The minimum absolute atomic E-state index is 0.750. The average molecular weight is 451 g/mol. The van der Waals surface area contributed by atoms with Crippen molar-refractivity contribution in [2.45, 2.75) is 24.9 Å². The zero-order valence-corrected chi connectivity index (χ0v) is 20.9. The van der Waals surface area contributed by atoms with Crippen molar-refractivity contribution in [1.82, 2.24) is 0 Å². The van der Waals surface area contributed by atoms with E-state index in [0.717, 1.165) is 24.9 Å². The Morgan fingerprint density at radius 1 is 0.467 bits per heavy atom. The van der Waals surface area contributed by atoms with Gasteiger partial charge in [0.15, 0.2) is 0 Å². The molecule has 0 aromatic heterocycles. The zero-order chi connectivity index (χ0) is 22.0. The van der Waals surface area contributed by atoms with E-state index in [1.54, 1.807) is 42.7 Å². The number of hydrogen-bond donors (Lipinski definition) is 0. The summed E-state index contributed by atoms with van der Waals surface area (Å²) >= 11 is 0. The predicted molar refractivity (Wildman–Crippen MR) is 122 cm³/mol. The van der Waals surface area contributed by atoms with E-state index in [9.17, 15) is 0 Å². The Morgan fingerprint density at radius 3 is 0.967 bits per heavy atom. The highest BCUT2D eigenvalue weighted by atomic mass is 28.4. The van der Waals surface area contributed by atoms with Gasteiger partial charge in [-0.1, -0.05) is 48.5 Å². The van der Waals surface area contributed by atoms with Gasteiger partial charge in [-0.25, -0.2) is 0 Å². The first-order chi connectivity index (χ1) is 14.5. The lowest BCUT2D eigenvalue weighted by molar-refractivity contribution is 0.123. The summed E-state index contributed by atoms with van der Waals surface area (Å²) in [6.07, 6.45) is 1.70. The molecular weight excluding hydrogens is 416 g/mol. The van der Waals surface area contributed by atoms with Crippen LogP contribution in [0.2, 0.25) is 12.1 Å². The molecular formula is C22H34O6Si2. The first-order valence-corrected chi connectivity index (χ1v) is 13.8. The first kappa shape index (κ1) is 24.9. The van der Waals surface area contributed by atoms with E-state index in [1.165, 1.54) is 22.3 Å². The Balaban J connectivity index is 1.98. The molecule has 166 valence electrons. The van der Waals surface area contributed by atoms with E-state index in [1.807, 2.05) is 0 Å². The summed E-state index contributed by atoms with van der Waals surface area (Å²) in [7, 11) is 4.80. The molecule has 0 aliphatic carbocycles. The molecule has 30 heavy (non-hydrogen) atoms. The number of rotatable bonds is 13. The molecule has 0 saturated carbocycles. The van der Waals surface area contributed by atoms with Gasteiger partial charge in [0, 0.05) is 54.7 Å². The fraction of sp³-hybridized carbons (Fsp3) is 0.455. The molecule has 2 aromatic carbocycles. The third kappa shape index (κ3) is 6.32. The molecule has 0 bridgehead atoms. The lowest BCUT2D eigenvalue weighted by Gasteiger charge is -2.24. The lowest BCUT2D eigenvalue weighted by atomic mass is 10.0. The third-order valence-electron chi connectivity index (χ3n) is 5.55. The van der Waals surface area contributed by atoms with Crippen LogP contribution in [-0.4, -0.2) is 60.3 Å². The normalized spacial score (nSPS) is 12.3. The van der Waals surface area contributed by atoms with Crippen LogP contribution in [-0.2, 0) is 39.4 Å². The lowest BCUT2D eigenvalue weighted by Crippen LogP contribution is -2.43. The summed E-state index contributed by atoms with van der Waals surface area (Å²) in [5.74, 6) is 0. The standard InChI is InChI=1S/C22H34O6Si2/c1-23-29(24-2,25-3)17-15-19-7-11-21(12-8-19)22-13-9-20(10-14-22)16-18-30(26-4,27-5)28-6/h7-14H,15-18H2,1-6H3. The minimum atomic E-state index is -2.54. The summed E-state index contributed by atoms with van der Waals surface area (Å²) in [4.78, 5) is 0. The van der Waals surface area contributed by atoms with Gasteiger partial charge in [-0.05, 0) is 35.1 Å². The summed E-state index contributed by atoms with van der Waals surface area (Å²) in [6.45, 7) is 0. The van der Waals surface area contributed by atoms with E-state index < -0.39 is 17.6 Å². The highest BCUT2D eigenvalue weighted by molar-refractivity contribution is 6.60. The van der Waals surface area contributed by atoms with Gasteiger partial charge in [0.2, 0.25) is 0 Å². The van der Waals surface area contributed by atoms with Crippen LogP contribution in [0.4, 0.5) is 0 Å². The number of benzene rings is 2. The fourth-order valence-electron chi connectivity index (χ4n) is 3.43. The van der Waals surface area contributed by atoms with Gasteiger partial charge < -0.3 is 26.6 Å². The molecule has 0 spiro atoms.